The summed E-state index contributed by atoms with van der Waals surface area (Å²) in [4.78, 5) is 116. The number of para-hydroxylation sites is 1. The third kappa shape index (κ3) is 15.5. The molecule has 0 spiro atoms. The van der Waals surface area contributed by atoms with Gasteiger partial charge >= 0.3 is 18.0 Å². The summed E-state index contributed by atoms with van der Waals surface area (Å²) in [7, 11) is 3.13. The molecular weight excluding hydrogens is 1340 g/mol. The Kier molecular flexibility index (Phi) is 21.0. The summed E-state index contributed by atoms with van der Waals surface area (Å²) >= 11 is 1.39. The quantitative estimate of drug-likeness (QED) is 0.0248. The minimum Gasteiger partial charge on any atom is -0.496 e. The lowest BCUT2D eigenvalue weighted by molar-refractivity contribution is -0.271. The highest BCUT2D eigenvalue weighted by Gasteiger charge is 2.66. The van der Waals surface area contributed by atoms with Crippen molar-refractivity contribution in [3.63, 3.8) is 0 Å². The molecule has 540 valence electrons. The van der Waals surface area contributed by atoms with E-state index in [0.717, 1.165) is 82.6 Å². The number of nitrogens with one attached hydrogen (secondary N) is 3. The molecule has 7 aliphatic rings. The summed E-state index contributed by atoms with van der Waals surface area (Å²) in [5.41, 5.74) is 4.21. The molecule has 3 aromatic carbocycles. The first kappa shape index (κ1) is 72.1. The standard InChI is InChI=1S/C72H82N10O19S/c1-41-46(44-14-17-53(77-58(44)64(91)92)80-24-21-43-47(33-80)45(13-16-50(43)97-5)63(90)78-67-76-48-10-6-7-11-52(48)102-67)32-74-82(41)40-71-35-69(2)34-70(3,36-71)38-72(37-69,39-71)99-30-27-79(26-29-96-4)68(95)98-28-8-9-42-12-15-51(100-66-61(89)59(87)60(88)62(101-66)65(93)94)49(31-42)75-55(84)20-23-73-54(83)22-25-81-56(85)18-19-57(81)86/h6-19,31-32,59-62,66,87-89H,20-30,33-40H2,1-5H3,(H,73,83)(H,75,84)(H,91,92)(H,93,94)(H,76,78,90)/b9-8+/t59-,60-,61+,62-,66+,69?,70?,71?,72?/m0/s1. The average Bonchev–Trinajstić information content (AvgIpc) is 0.703. The number of hydrogen-bond acceptors (Lipinski definition) is 22. The number of carboxylic acids is 2. The van der Waals surface area contributed by atoms with Gasteiger partial charge in [-0.1, -0.05) is 49.5 Å². The van der Waals surface area contributed by atoms with Crippen LogP contribution in [0.5, 0.6) is 11.5 Å². The molecule has 29 nitrogen and oxygen atoms in total. The molecule has 5 fully saturated rings. The number of rotatable bonds is 28. The van der Waals surface area contributed by atoms with Crippen LogP contribution in [0.15, 0.2) is 91.2 Å². The van der Waals surface area contributed by atoms with Crippen LogP contribution in [0.3, 0.4) is 0 Å². The number of thiazole rings is 1. The van der Waals surface area contributed by atoms with Crippen LogP contribution in [0, 0.1) is 23.2 Å². The van der Waals surface area contributed by atoms with E-state index >= 15 is 0 Å². The minimum atomic E-state index is -1.99. The van der Waals surface area contributed by atoms with Crippen LogP contribution in [0.25, 0.3) is 27.4 Å². The number of aliphatic hydroxyl groups is 3. The number of nitrogens with zero attached hydrogens (tertiary/aromatic N) is 7. The topological polar surface area (TPSA) is 382 Å². The SMILES string of the molecule is COCCN(CCOC12CC3(C)CC(C)(CC(Cn4ncc(-c5ccc(N6CCc7c(OC)ccc(C(=O)Nc8nc9ccccc9s8)c7C6)nc5C(=O)O)c4C)(C3)C1)C2)C(=O)OC/C=C/c1ccc(O[C@@H]2O[C@H](C(=O)O)[C@@H](O)[C@H](O)[C@H]2O)c(NC(=O)CCNC(=O)CCN2C(=O)C=CC2=O)c1. The molecule has 4 saturated carbocycles. The van der Waals surface area contributed by atoms with Crippen molar-refractivity contribution in [1.29, 1.82) is 0 Å². The first-order valence-corrected chi connectivity index (χ1v) is 34.5. The number of fused-ring (bicyclic) bond motifs is 2. The van der Waals surface area contributed by atoms with Gasteiger partial charge in [-0.15, -0.1) is 0 Å². The highest BCUT2D eigenvalue weighted by molar-refractivity contribution is 7.22. The summed E-state index contributed by atoms with van der Waals surface area (Å²) in [6, 6.07) is 19.2. The smallest absolute Gasteiger partial charge is 0.410 e. The van der Waals surface area contributed by atoms with Crippen molar-refractivity contribution in [3.8, 4) is 22.6 Å². The molecular formula is C72H82N10O19S. The van der Waals surface area contributed by atoms with Gasteiger partial charge in [0.25, 0.3) is 17.7 Å². The Hall–Kier alpha value is -9.69. The van der Waals surface area contributed by atoms with Crippen molar-refractivity contribution in [1.82, 2.24) is 34.9 Å². The zero-order valence-electron chi connectivity index (χ0n) is 57.0. The molecule has 2 unspecified atom stereocenters. The number of carbonyl (C=O) groups is 8. The Morgan fingerprint density at radius 1 is 0.804 bits per heavy atom. The monoisotopic (exact) mass is 1420 g/mol. The first-order chi connectivity index (χ1) is 48.8. The fourth-order valence-electron chi connectivity index (χ4n) is 16.5. The largest absolute Gasteiger partial charge is 0.496 e. The zero-order chi connectivity index (χ0) is 72.4. The van der Waals surface area contributed by atoms with Crippen LogP contribution in [0.4, 0.5) is 21.4 Å². The maximum Gasteiger partial charge on any atom is 0.410 e. The Morgan fingerprint density at radius 2 is 1.55 bits per heavy atom. The summed E-state index contributed by atoms with van der Waals surface area (Å²) in [5, 5.41) is 65.5. The molecule has 0 radical (unpaired) electrons. The molecule has 4 aliphatic carbocycles. The number of anilines is 3. The third-order valence-corrected chi connectivity index (χ3v) is 20.9. The Morgan fingerprint density at radius 3 is 2.27 bits per heavy atom. The van der Waals surface area contributed by atoms with Crippen molar-refractivity contribution < 1.29 is 92.3 Å². The van der Waals surface area contributed by atoms with E-state index in [-0.39, 0.29) is 105 Å². The van der Waals surface area contributed by atoms with Gasteiger partial charge < -0.3 is 74.4 Å². The molecule has 3 aromatic heterocycles. The van der Waals surface area contributed by atoms with Gasteiger partial charge in [-0.05, 0) is 134 Å². The summed E-state index contributed by atoms with van der Waals surface area (Å²) in [5.74, 6) is -4.44. The predicted molar refractivity (Wildman–Crippen MR) is 369 cm³/mol. The minimum absolute atomic E-state index is 0.0186. The summed E-state index contributed by atoms with van der Waals surface area (Å²) in [6.45, 7) is 8.26. The van der Waals surface area contributed by atoms with Gasteiger partial charge in [-0.3, -0.25) is 38.9 Å². The number of aromatic carboxylic acids is 1. The molecule has 6 amide bonds. The highest BCUT2D eigenvalue weighted by Crippen LogP contribution is 2.72. The van der Waals surface area contributed by atoms with E-state index in [9.17, 15) is 63.9 Å². The average molecular weight is 1420 g/mol. The molecule has 6 aromatic rings. The number of aliphatic hydroxyl groups excluding tert-OH is 3. The normalized spacial score (nSPS) is 24.8. The number of aromatic nitrogens is 4. The third-order valence-electron chi connectivity index (χ3n) is 20.0. The molecule has 102 heavy (non-hydrogen) atoms. The van der Waals surface area contributed by atoms with E-state index in [2.05, 4.69) is 34.8 Å². The molecule has 6 heterocycles. The van der Waals surface area contributed by atoms with Gasteiger partial charge in [-0.25, -0.2) is 24.4 Å². The number of methoxy groups -OCH3 is 2. The van der Waals surface area contributed by atoms with Crippen molar-refractivity contribution >= 4 is 91.8 Å². The lowest BCUT2D eigenvalue weighted by Gasteiger charge is -2.69. The van der Waals surface area contributed by atoms with Crippen LogP contribution < -0.4 is 30.3 Å². The summed E-state index contributed by atoms with van der Waals surface area (Å²) < 4.78 is 38.1. The lowest BCUT2D eigenvalue weighted by Crippen LogP contribution is -2.64. The van der Waals surface area contributed by atoms with Gasteiger partial charge in [0, 0.05) is 106 Å². The van der Waals surface area contributed by atoms with Crippen LogP contribution in [0.2, 0.25) is 0 Å². The van der Waals surface area contributed by atoms with E-state index in [1.807, 2.05) is 46.8 Å². The number of carbonyl (C=O) groups excluding carboxylic acids is 6. The van der Waals surface area contributed by atoms with Crippen LogP contribution >= 0.6 is 11.3 Å². The van der Waals surface area contributed by atoms with E-state index in [1.165, 1.54) is 41.5 Å². The second-order valence-corrected chi connectivity index (χ2v) is 28.9. The number of aliphatic carboxylic acids is 1. The number of imide groups is 1. The zero-order valence-corrected chi connectivity index (χ0v) is 57.9. The molecule has 1 saturated heterocycles. The number of carboxylic acid groups (broad SMARTS) is 2. The summed E-state index contributed by atoms with van der Waals surface area (Å²) in [6.07, 6.45) is 2.09. The number of hydrogen-bond donors (Lipinski definition) is 8. The molecule has 4 bridgehead atoms. The fourth-order valence-corrected chi connectivity index (χ4v) is 17.4. The number of amides is 6. The van der Waals surface area contributed by atoms with Crippen LogP contribution in [-0.2, 0) is 62.4 Å². The molecule has 7 atom stereocenters. The van der Waals surface area contributed by atoms with Crippen LogP contribution in [-0.4, -0.2) is 206 Å². The maximum atomic E-state index is 14.0. The van der Waals surface area contributed by atoms with E-state index in [4.69, 9.17) is 38.5 Å². The van der Waals surface area contributed by atoms with Crippen LogP contribution in [0.1, 0.15) is 108 Å². The van der Waals surface area contributed by atoms with Gasteiger partial charge in [0.2, 0.25) is 18.1 Å². The lowest BCUT2D eigenvalue weighted by atomic mass is 9.39. The van der Waals surface area contributed by atoms with Gasteiger partial charge in [0.05, 0.1) is 48.0 Å². The Bertz CT molecular complexity index is 4260. The fraction of sp³-hybridized carbons (Fsp3) is 0.458. The number of ether oxygens (including phenoxy) is 6. The van der Waals surface area contributed by atoms with E-state index in [1.54, 1.807) is 43.7 Å². The van der Waals surface area contributed by atoms with Gasteiger partial charge in [0.1, 0.15) is 42.2 Å². The predicted octanol–water partition coefficient (Wildman–Crippen LogP) is 6.35. The van der Waals surface area contributed by atoms with Gasteiger partial charge in [-0.2, -0.15) is 5.10 Å². The first-order valence-electron chi connectivity index (χ1n) is 33.7. The maximum absolute atomic E-state index is 14.0. The van der Waals surface area contributed by atoms with Crippen molar-refractivity contribution in [2.75, 3.05) is 82.3 Å². The second-order valence-electron chi connectivity index (χ2n) is 27.9. The van der Waals surface area contributed by atoms with Crippen molar-refractivity contribution in [3.05, 3.63) is 125 Å². The number of pyridine rings is 1. The van der Waals surface area contributed by atoms with Crippen molar-refractivity contribution in [2.45, 2.75) is 128 Å². The highest BCUT2D eigenvalue weighted by atomic mass is 32.1. The van der Waals surface area contributed by atoms with Crippen molar-refractivity contribution in [2.24, 2.45) is 16.2 Å². The second kappa shape index (κ2) is 29.7. The molecule has 3 aliphatic heterocycles. The van der Waals surface area contributed by atoms with E-state index < -0.39 is 78.0 Å². The molecule has 8 N–H and O–H groups in total. The van der Waals surface area contributed by atoms with E-state index in [0.29, 0.717) is 58.5 Å². The number of benzene rings is 3. The Labute approximate surface area is 590 Å². The molecule has 30 heteroatoms. The molecule has 13 rings (SSSR count). The van der Waals surface area contributed by atoms with Gasteiger partial charge in [0.15, 0.2) is 16.9 Å². The Balaban J connectivity index is 0.683.